The van der Waals surface area contributed by atoms with E-state index in [-0.39, 0.29) is 30.6 Å². The topological polar surface area (TPSA) is 93.7 Å². The van der Waals surface area contributed by atoms with E-state index in [2.05, 4.69) is 10.0 Å². The van der Waals surface area contributed by atoms with Gasteiger partial charge in [-0.3, -0.25) is 4.79 Å². The van der Waals surface area contributed by atoms with E-state index in [0.29, 0.717) is 16.5 Å². The summed E-state index contributed by atoms with van der Waals surface area (Å²) in [7, 11) is -2.12. The molecule has 0 aromatic heterocycles. The maximum atomic E-state index is 12.0. The lowest BCUT2D eigenvalue weighted by Gasteiger charge is -2.10. The van der Waals surface area contributed by atoms with Gasteiger partial charge >= 0.3 is 0 Å². The highest BCUT2D eigenvalue weighted by molar-refractivity contribution is 7.89. The van der Waals surface area contributed by atoms with Crippen LogP contribution in [-0.4, -0.2) is 41.2 Å². The third-order valence-corrected chi connectivity index (χ3v) is 5.06. The Bertz CT molecular complexity index is 840. The number of benzene rings is 2. The van der Waals surface area contributed by atoms with E-state index in [0.717, 1.165) is 0 Å². The molecule has 2 rings (SSSR count). The fraction of sp³-hybridized carbons (Fsp3) is 0.235. The van der Waals surface area contributed by atoms with E-state index < -0.39 is 10.0 Å². The molecule has 0 atom stereocenters. The Kier molecular flexibility index (Phi) is 7.40. The average molecular weight is 399 g/mol. The second-order valence-corrected chi connectivity index (χ2v) is 7.35. The van der Waals surface area contributed by atoms with E-state index in [1.807, 2.05) is 0 Å². The molecule has 0 aliphatic carbocycles. The fourth-order valence-electron chi connectivity index (χ4n) is 1.97. The van der Waals surface area contributed by atoms with Crippen LogP contribution in [0.1, 0.15) is 0 Å². The molecule has 0 unspecified atom stereocenters. The molecule has 0 fully saturated rings. The third-order valence-electron chi connectivity index (χ3n) is 3.25. The number of carbonyl (C=O) groups is 1. The number of anilines is 1. The van der Waals surface area contributed by atoms with Gasteiger partial charge in [0.05, 0.1) is 22.2 Å². The summed E-state index contributed by atoms with van der Waals surface area (Å²) in [6.45, 7) is 0.226. The Labute approximate surface area is 157 Å². The zero-order valence-electron chi connectivity index (χ0n) is 14.1. The van der Waals surface area contributed by atoms with Crippen molar-refractivity contribution in [2.45, 2.75) is 4.90 Å². The molecule has 1 amide bonds. The highest BCUT2D eigenvalue weighted by Crippen LogP contribution is 2.20. The van der Waals surface area contributed by atoms with Crippen LogP contribution in [-0.2, 0) is 19.6 Å². The van der Waals surface area contributed by atoms with Crippen molar-refractivity contribution in [2.75, 3.05) is 32.2 Å². The van der Waals surface area contributed by atoms with E-state index in [9.17, 15) is 13.2 Å². The van der Waals surface area contributed by atoms with Gasteiger partial charge in [-0.05, 0) is 36.4 Å². The molecule has 9 heteroatoms. The molecule has 0 saturated heterocycles. The zero-order valence-corrected chi connectivity index (χ0v) is 15.6. The molecule has 0 saturated carbocycles. The van der Waals surface area contributed by atoms with Crippen molar-refractivity contribution in [2.24, 2.45) is 0 Å². The summed E-state index contributed by atoms with van der Waals surface area (Å²) in [6, 6.07) is 12.6. The maximum absolute atomic E-state index is 12.0. The molecule has 2 aromatic rings. The number of methoxy groups -OCH3 is 1. The van der Waals surface area contributed by atoms with Crippen LogP contribution < -0.4 is 14.8 Å². The lowest BCUT2D eigenvalue weighted by Crippen LogP contribution is -2.27. The summed E-state index contributed by atoms with van der Waals surface area (Å²) in [5.74, 6) is -0.00817. The number of ether oxygens (including phenoxy) is 2. The lowest BCUT2D eigenvalue weighted by atomic mass is 10.3. The van der Waals surface area contributed by atoms with E-state index in [1.54, 1.807) is 24.3 Å². The van der Waals surface area contributed by atoms with Crippen LogP contribution in [0.4, 0.5) is 5.69 Å². The highest BCUT2D eigenvalue weighted by Gasteiger charge is 2.13. The molecule has 7 nitrogen and oxygen atoms in total. The number of sulfonamides is 1. The lowest BCUT2D eigenvalue weighted by molar-refractivity contribution is -0.118. The van der Waals surface area contributed by atoms with Gasteiger partial charge in [-0.2, -0.15) is 0 Å². The number of rotatable bonds is 9. The zero-order chi connectivity index (χ0) is 19.0. The molecule has 2 aromatic carbocycles. The molecule has 2 N–H and O–H groups in total. The summed E-state index contributed by atoms with van der Waals surface area (Å²) in [5.41, 5.74) is 0.492. The molecule has 26 heavy (non-hydrogen) atoms. The van der Waals surface area contributed by atoms with Crippen LogP contribution in [0.25, 0.3) is 0 Å². The Morgan fingerprint density at radius 1 is 1.12 bits per heavy atom. The second-order valence-electron chi connectivity index (χ2n) is 5.18. The standard InChI is InChI=1S/C17H19ClN2O5S/c1-24-11-10-19-26(22,23)14-8-6-13(7-9-14)25-12-17(21)20-16-5-3-2-4-15(16)18/h2-9,19H,10-12H2,1H3,(H,20,21). The van der Waals surface area contributed by atoms with Crippen molar-refractivity contribution < 1.29 is 22.7 Å². The van der Waals surface area contributed by atoms with Gasteiger partial charge < -0.3 is 14.8 Å². The molecule has 140 valence electrons. The number of para-hydroxylation sites is 1. The first-order chi connectivity index (χ1) is 12.4. The number of hydrogen-bond donors (Lipinski definition) is 2. The van der Waals surface area contributed by atoms with Gasteiger partial charge in [0.25, 0.3) is 5.91 Å². The minimum absolute atomic E-state index is 0.0986. The molecule has 0 radical (unpaired) electrons. The highest BCUT2D eigenvalue weighted by atomic mass is 35.5. The van der Waals surface area contributed by atoms with Crippen molar-refractivity contribution in [3.63, 3.8) is 0 Å². The number of carbonyl (C=O) groups excluding carboxylic acids is 1. The molecule has 0 bridgehead atoms. The van der Waals surface area contributed by atoms with Crippen molar-refractivity contribution in [1.29, 1.82) is 0 Å². The Morgan fingerprint density at radius 2 is 1.81 bits per heavy atom. The van der Waals surface area contributed by atoms with E-state index >= 15 is 0 Å². The van der Waals surface area contributed by atoms with Gasteiger partial charge in [-0.1, -0.05) is 23.7 Å². The van der Waals surface area contributed by atoms with Gasteiger partial charge in [0.15, 0.2) is 6.61 Å². The van der Waals surface area contributed by atoms with Crippen LogP contribution in [0.5, 0.6) is 5.75 Å². The number of halogens is 1. The summed E-state index contributed by atoms with van der Waals surface area (Å²) in [6.07, 6.45) is 0. The SMILES string of the molecule is COCCNS(=O)(=O)c1ccc(OCC(=O)Nc2ccccc2Cl)cc1. The van der Waals surface area contributed by atoms with Gasteiger partial charge in [-0.25, -0.2) is 13.1 Å². The van der Waals surface area contributed by atoms with Crippen LogP contribution >= 0.6 is 11.6 Å². The quantitative estimate of drug-likeness (QED) is 0.632. The van der Waals surface area contributed by atoms with Crippen molar-refractivity contribution in [3.8, 4) is 5.75 Å². The van der Waals surface area contributed by atoms with Crippen molar-refractivity contribution >= 4 is 33.2 Å². The largest absolute Gasteiger partial charge is 0.484 e. The van der Waals surface area contributed by atoms with E-state index in [4.69, 9.17) is 21.1 Å². The van der Waals surface area contributed by atoms with Gasteiger partial charge in [-0.15, -0.1) is 0 Å². The number of hydrogen-bond acceptors (Lipinski definition) is 5. The Balaban J connectivity index is 1.89. The summed E-state index contributed by atoms with van der Waals surface area (Å²) in [5, 5.41) is 3.06. The summed E-state index contributed by atoms with van der Waals surface area (Å²) >= 11 is 5.96. The summed E-state index contributed by atoms with van der Waals surface area (Å²) < 4.78 is 36.6. The minimum Gasteiger partial charge on any atom is -0.484 e. The number of amides is 1. The predicted molar refractivity (Wildman–Crippen MR) is 99.1 cm³/mol. The normalized spacial score (nSPS) is 11.2. The van der Waals surface area contributed by atoms with Crippen LogP contribution in [0, 0.1) is 0 Å². The number of nitrogens with one attached hydrogen (secondary N) is 2. The van der Waals surface area contributed by atoms with Gasteiger partial charge in [0, 0.05) is 13.7 Å². The smallest absolute Gasteiger partial charge is 0.262 e. The first-order valence-corrected chi connectivity index (χ1v) is 9.54. The van der Waals surface area contributed by atoms with Crippen LogP contribution in [0.15, 0.2) is 53.4 Å². The van der Waals surface area contributed by atoms with Crippen molar-refractivity contribution in [3.05, 3.63) is 53.6 Å². The molecule has 0 aliphatic heterocycles. The first-order valence-electron chi connectivity index (χ1n) is 7.68. The summed E-state index contributed by atoms with van der Waals surface area (Å²) in [4.78, 5) is 12.0. The second kappa shape index (κ2) is 9.54. The van der Waals surface area contributed by atoms with Gasteiger partial charge in [0.2, 0.25) is 10.0 Å². The monoisotopic (exact) mass is 398 g/mol. The first kappa shape index (κ1) is 20.2. The molecule has 0 spiro atoms. The van der Waals surface area contributed by atoms with Crippen LogP contribution in [0.3, 0.4) is 0 Å². The van der Waals surface area contributed by atoms with Crippen molar-refractivity contribution in [1.82, 2.24) is 4.72 Å². The Hall–Kier alpha value is -2.13. The predicted octanol–water partition coefficient (Wildman–Crippen LogP) is 2.28. The molecule has 0 aliphatic rings. The third kappa shape index (κ3) is 5.99. The van der Waals surface area contributed by atoms with Gasteiger partial charge in [0.1, 0.15) is 5.75 Å². The van der Waals surface area contributed by atoms with Crippen LogP contribution in [0.2, 0.25) is 5.02 Å². The molecule has 0 heterocycles. The fourth-order valence-corrected chi connectivity index (χ4v) is 3.17. The molecular weight excluding hydrogens is 380 g/mol. The average Bonchev–Trinajstić information content (AvgIpc) is 2.62. The van der Waals surface area contributed by atoms with E-state index in [1.165, 1.54) is 31.4 Å². The minimum atomic E-state index is -3.61. The Morgan fingerprint density at radius 3 is 2.46 bits per heavy atom. The maximum Gasteiger partial charge on any atom is 0.262 e. The molecular formula is C17H19ClN2O5S.